The van der Waals surface area contributed by atoms with Crippen molar-refractivity contribution in [3.63, 3.8) is 0 Å². The summed E-state index contributed by atoms with van der Waals surface area (Å²) in [5.74, 6) is 2.42. The molecule has 0 aromatic carbocycles. The van der Waals surface area contributed by atoms with Gasteiger partial charge < -0.3 is 9.73 Å². The predicted molar refractivity (Wildman–Crippen MR) is 55.5 cm³/mol. The molecule has 1 aromatic heterocycles. The van der Waals surface area contributed by atoms with Gasteiger partial charge in [-0.25, -0.2) is 4.98 Å². The smallest absolute Gasteiger partial charge is 0.199 e. The van der Waals surface area contributed by atoms with Crippen LogP contribution >= 0.6 is 0 Å². The first-order valence-corrected chi connectivity index (χ1v) is 5.48. The maximum Gasteiger partial charge on any atom is 0.199 e. The third-order valence-electron chi connectivity index (χ3n) is 2.89. The van der Waals surface area contributed by atoms with E-state index in [1.54, 1.807) is 0 Å². The third-order valence-corrected chi connectivity index (χ3v) is 2.89. The lowest BCUT2D eigenvalue weighted by atomic mass is 10.00. The number of piperidine rings is 1. The Morgan fingerprint density at radius 1 is 1.57 bits per heavy atom. The number of nitrogens with one attached hydrogen (secondary N) is 1. The van der Waals surface area contributed by atoms with E-state index in [-0.39, 0.29) is 0 Å². The van der Waals surface area contributed by atoms with E-state index in [4.69, 9.17) is 4.42 Å². The molecule has 1 fully saturated rings. The quantitative estimate of drug-likeness (QED) is 0.782. The van der Waals surface area contributed by atoms with E-state index in [0.717, 1.165) is 36.9 Å². The van der Waals surface area contributed by atoms with Crippen molar-refractivity contribution in [2.24, 2.45) is 0 Å². The van der Waals surface area contributed by atoms with E-state index in [1.165, 1.54) is 12.8 Å². The second-order valence-corrected chi connectivity index (χ2v) is 3.95. The molecule has 1 N–H and O–H groups in total. The van der Waals surface area contributed by atoms with Gasteiger partial charge in [0.15, 0.2) is 5.89 Å². The average Bonchev–Trinajstić information content (AvgIpc) is 2.61. The highest BCUT2D eigenvalue weighted by atomic mass is 16.4. The van der Waals surface area contributed by atoms with Gasteiger partial charge >= 0.3 is 0 Å². The van der Waals surface area contributed by atoms with Crippen LogP contribution in [0.4, 0.5) is 0 Å². The molecule has 14 heavy (non-hydrogen) atoms. The number of rotatable bonds is 2. The fourth-order valence-corrected chi connectivity index (χ4v) is 2.02. The van der Waals surface area contributed by atoms with E-state index >= 15 is 0 Å². The average molecular weight is 194 g/mol. The van der Waals surface area contributed by atoms with E-state index in [0.29, 0.717) is 5.92 Å². The van der Waals surface area contributed by atoms with Crippen molar-refractivity contribution in [2.75, 3.05) is 13.1 Å². The molecule has 3 heteroatoms. The largest absolute Gasteiger partial charge is 0.445 e. The number of nitrogens with zero attached hydrogens (tertiary/aromatic N) is 1. The highest BCUT2D eigenvalue weighted by Gasteiger charge is 2.21. The Hall–Kier alpha value is -0.830. The van der Waals surface area contributed by atoms with Gasteiger partial charge in [-0.15, -0.1) is 0 Å². The number of hydrogen-bond acceptors (Lipinski definition) is 3. The van der Waals surface area contributed by atoms with E-state index in [2.05, 4.69) is 17.2 Å². The van der Waals surface area contributed by atoms with Gasteiger partial charge in [0.2, 0.25) is 0 Å². The first kappa shape index (κ1) is 9.71. The zero-order valence-corrected chi connectivity index (χ0v) is 8.97. The second kappa shape index (κ2) is 4.13. The van der Waals surface area contributed by atoms with E-state index in [9.17, 15) is 0 Å². The molecule has 0 aliphatic carbocycles. The Morgan fingerprint density at radius 2 is 2.43 bits per heavy atom. The van der Waals surface area contributed by atoms with Crippen LogP contribution in [0.15, 0.2) is 4.42 Å². The van der Waals surface area contributed by atoms with Crippen LogP contribution in [0, 0.1) is 6.92 Å². The highest BCUT2D eigenvalue weighted by molar-refractivity contribution is 5.10. The SMILES string of the molecule is CCc1nc(C2CCCNC2)oc1C. The molecule has 1 aliphatic heterocycles. The van der Waals surface area contributed by atoms with Crippen molar-refractivity contribution in [1.82, 2.24) is 10.3 Å². The number of hydrogen-bond donors (Lipinski definition) is 1. The summed E-state index contributed by atoms with van der Waals surface area (Å²) in [5.41, 5.74) is 1.12. The van der Waals surface area contributed by atoms with Crippen LogP contribution in [0.1, 0.15) is 43.0 Å². The zero-order chi connectivity index (χ0) is 9.97. The Balaban J connectivity index is 2.14. The summed E-state index contributed by atoms with van der Waals surface area (Å²) in [4.78, 5) is 4.55. The van der Waals surface area contributed by atoms with Crippen LogP contribution in [0.25, 0.3) is 0 Å². The van der Waals surface area contributed by atoms with Gasteiger partial charge in [0.25, 0.3) is 0 Å². The zero-order valence-electron chi connectivity index (χ0n) is 8.97. The van der Waals surface area contributed by atoms with Gasteiger partial charge in [-0.3, -0.25) is 0 Å². The molecule has 0 spiro atoms. The molecule has 2 heterocycles. The van der Waals surface area contributed by atoms with Crippen molar-refractivity contribution >= 4 is 0 Å². The summed E-state index contributed by atoms with van der Waals surface area (Å²) in [6.07, 6.45) is 3.40. The lowest BCUT2D eigenvalue weighted by Crippen LogP contribution is -2.28. The van der Waals surface area contributed by atoms with Crippen molar-refractivity contribution in [1.29, 1.82) is 0 Å². The van der Waals surface area contributed by atoms with Crippen LogP contribution in [0.2, 0.25) is 0 Å². The van der Waals surface area contributed by atoms with Gasteiger partial charge in [-0.1, -0.05) is 6.92 Å². The summed E-state index contributed by atoms with van der Waals surface area (Å²) in [7, 11) is 0. The minimum absolute atomic E-state index is 0.489. The topological polar surface area (TPSA) is 38.1 Å². The molecule has 2 rings (SSSR count). The fraction of sp³-hybridized carbons (Fsp3) is 0.727. The van der Waals surface area contributed by atoms with Crippen LogP contribution < -0.4 is 5.32 Å². The van der Waals surface area contributed by atoms with Gasteiger partial charge in [0.05, 0.1) is 5.69 Å². The third kappa shape index (κ3) is 1.82. The van der Waals surface area contributed by atoms with Crippen molar-refractivity contribution in [2.45, 2.75) is 39.0 Å². The van der Waals surface area contributed by atoms with Crippen LogP contribution in [-0.4, -0.2) is 18.1 Å². The molecule has 0 radical (unpaired) electrons. The molecule has 3 nitrogen and oxygen atoms in total. The van der Waals surface area contributed by atoms with Crippen LogP contribution in [0.3, 0.4) is 0 Å². The molecule has 0 amide bonds. The Labute approximate surface area is 84.9 Å². The Bertz CT molecular complexity index is 300. The number of aromatic nitrogens is 1. The van der Waals surface area contributed by atoms with Crippen molar-refractivity contribution < 1.29 is 4.42 Å². The van der Waals surface area contributed by atoms with E-state index in [1.807, 2.05) is 6.92 Å². The number of aryl methyl sites for hydroxylation is 2. The van der Waals surface area contributed by atoms with E-state index < -0.39 is 0 Å². The van der Waals surface area contributed by atoms with Gasteiger partial charge in [0.1, 0.15) is 5.76 Å². The standard InChI is InChI=1S/C11H18N2O/c1-3-10-8(2)14-11(13-10)9-5-4-6-12-7-9/h9,12H,3-7H2,1-2H3. The summed E-state index contributed by atoms with van der Waals surface area (Å²) < 4.78 is 5.69. The molecule has 78 valence electrons. The van der Waals surface area contributed by atoms with Gasteiger partial charge in [0, 0.05) is 12.5 Å². The van der Waals surface area contributed by atoms with Crippen LogP contribution in [0.5, 0.6) is 0 Å². The van der Waals surface area contributed by atoms with Gasteiger partial charge in [-0.05, 0) is 32.7 Å². The first-order valence-electron chi connectivity index (χ1n) is 5.48. The molecular formula is C11H18N2O. The van der Waals surface area contributed by atoms with Crippen molar-refractivity contribution in [3.05, 3.63) is 17.3 Å². The second-order valence-electron chi connectivity index (χ2n) is 3.95. The Morgan fingerprint density at radius 3 is 3.00 bits per heavy atom. The summed E-state index contributed by atoms with van der Waals surface area (Å²) in [6.45, 7) is 6.28. The summed E-state index contributed by atoms with van der Waals surface area (Å²) >= 11 is 0. The fourth-order valence-electron chi connectivity index (χ4n) is 2.02. The first-order chi connectivity index (χ1) is 6.81. The molecular weight excluding hydrogens is 176 g/mol. The summed E-state index contributed by atoms with van der Waals surface area (Å²) in [6, 6.07) is 0. The highest BCUT2D eigenvalue weighted by Crippen LogP contribution is 2.24. The maximum absolute atomic E-state index is 5.69. The molecule has 1 atom stereocenters. The predicted octanol–water partition coefficient (Wildman–Crippen LogP) is 2.01. The minimum Gasteiger partial charge on any atom is -0.445 e. The van der Waals surface area contributed by atoms with Crippen LogP contribution in [-0.2, 0) is 6.42 Å². The number of oxazole rings is 1. The molecule has 1 aliphatic rings. The van der Waals surface area contributed by atoms with Crippen molar-refractivity contribution in [3.8, 4) is 0 Å². The monoisotopic (exact) mass is 194 g/mol. The molecule has 1 saturated heterocycles. The lowest BCUT2D eigenvalue weighted by molar-refractivity contribution is 0.368. The maximum atomic E-state index is 5.69. The molecule has 1 unspecified atom stereocenters. The normalized spacial score (nSPS) is 22.6. The Kier molecular flexibility index (Phi) is 2.87. The molecule has 1 aromatic rings. The van der Waals surface area contributed by atoms with Gasteiger partial charge in [-0.2, -0.15) is 0 Å². The summed E-state index contributed by atoms with van der Waals surface area (Å²) in [5, 5.41) is 3.38. The minimum atomic E-state index is 0.489. The molecule has 0 saturated carbocycles. The lowest BCUT2D eigenvalue weighted by Gasteiger charge is -2.19. The molecule has 0 bridgehead atoms.